The number of fused-ring (bicyclic) bond motifs is 1. The molecule has 0 aliphatic carbocycles. The van der Waals surface area contributed by atoms with Gasteiger partial charge in [0.2, 0.25) is 5.91 Å². The first kappa shape index (κ1) is 30.8. The maximum absolute atomic E-state index is 12.5. The fourth-order valence-corrected chi connectivity index (χ4v) is 7.69. The summed E-state index contributed by atoms with van der Waals surface area (Å²) in [6, 6.07) is 8.60. The average Bonchev–Trinajstić information content (AvgIpc) is 3.46. The number of hydrogen-bond donors (Lipinski definition) is 0. The molecule has 4 heterocycles. The van der Waals surface area contributed by atoms with Crippen molar-refractivity contribution in [2.24, 2.45) is 0 Å². The third-order valence-corrected chi connectivity index (χ3v) is 10.2. The second-order valence-electron chi connectivity index (χ2n) is 11.4. The van der Waals surface area contributed by atoms with Gasteiger partial charge in [-0.05, 0) is 63.4 Å². The van der Waals surface area contributed by atoms with E-state index in [0.717, 1.165) is 55.6 Å². The van der Waals surface area contributed by atoms with Gasteiger partial charge in [0.05, 0.1) is 25.6 Å². The highest BCUT2D eigenvalue weighted by Gasteiger charge is 2.33. The lowest BCUT2D eigenvalue weighted by Crippen LogP contribution is -2.55. The van der Waals surface area contributed by atoms with Gasteiger partial charge >= 0.3 is 6.01 Å². The van der Waals surface area contributed by atoms with Crippen molar-refractivity contribution in [2.45, 2.75) is 61.6 Å². The number of aromatic nitrogens is 2. The van der Waals surface area contributed by atoms with Crippen LogP contribution < -0.4 is 14.4 Å². The molecule has 2 unspecified atom stereocenters. The summed E-state index contributed by atoms with van der Waals surface area (Å²) in [5.74, 6) is 2.28. The second kappa shape index (κ2) is 14.2. The molecule has 0 radical (unpaired) electrons. The monoisotopic (exact) mass is 604 g/mol. The summed E-state index contributed by atoms with van der Waals surface area (Å²) in [6.07, 6.45) is 6.85. The average molecular weight is 605 g/mol. The number of amides is 1. The van der Waals surface area contributed by atoms with Gasteiger partial charge in [-0.2, -0.15) is 27.0 Å². The Labute approximate surface area is 258 Å². The predicted octanol–water partition coefficient (Wildman–Crippen LogP) is 3.68. The summed E-state index contributed by atoms with van der Waals surface area (Å²) in [6.45, 7) is 6.48. The van der Waals surface area contributed by atoms with E-state index in [1.165, 1.54) is 17.2 Å². The van der Waals surface area contributed by atoms with Crippen LogP contribution in [-0.2, 0) is 23.4 Å². The fourth-order valence-electron chi connectivity index (χ4n) is 6.38. The number of hydrogen-bond acceptors (Lipinski definition) is 10. The lowest BCUT2D eigenvalue weighted by Gasteiger charge is -2.41. The molecule has 0 bridgehead atoms. The van der Waals surface area contributed by atoms with Crippen LogP contribution in [0.25, 0.3) is 0 Å². The first-order valence-corrected chi connectivity index (χ1v) is 16.0. The maximum atomic E-state index is 12.5. The van der Waals surface area contributed by atoms with Crippen molar-refractivity contribution in [3.8, 4) is 17.8 Å². The number of nitriles is 1. The van der Waals surface area contributed by atoms with Gasteiger partial charge in [-0.3, -0.25) is 9.59 Å². The molecule has 2 aromatic rings. The zero-order chi connectivity index (χ0) is 30.3. The zero-order valence-electron chi connectivity index (χ0n) is 25.0. The molecule has 43 heavy (non-hydrogen) atoms. The largest absolute Gasteiger partial charge is 0.496 e. The van der Waals surface area contributed by atoms with Crippen molar-refractivity contribution >= 4 is 29.8 Å². The van der Waals surface area contributed by atoms with Crippen LogP contribution in [0.4, 0.5) is 5.82 Å². The SMILES string of the molecule is C=CC(=O)N1CCN(c2nc(OCC3CCCN3C)nc(C=O)c2CC[C@@H]2Cc3cccc(OC)c3CS2)CC1CC#N. The molecule has 11 heteroatoms. The summed E-state index contributed by atoms with van der Waals surface area (Å²) in [7, 11) is 3.80. The lowest BCUT2D eigenvalue weighted by atomic mass is 9.98. The molecule has 3 aliphatic heterocycles. The molecule has 2 saturated heterocycles. The highest BCUT2D eigenvalue weighted by atomic mass is 32.2. The molecule has 0 saturated carbocycles. The molecule has 3 atom stereocenters. The minimum absolute atomic E-state index is 0.188. The van der Waals surface area contributed by atoms with Crippen LogP contribution in [0.5, 0.6) is 11.8 Å². The van der Waals surface area contributed by atoms with Crippen molar-refractivity contribution in [3.05, 3.63) is 53.2 Å². The maximum Gasteiger partial charge on any atom is 0.319 e. The van der Waals surface area contributed by atoms with Gasteiger partial charge in [-0.1, -0.05) is 18.7 Å². The Morgan fingerprint density at radius 2 is 2.12 bits per heavy atom. The molecule has 1 aromatic heterocycles. The summed E-state index contributed by atoms with van der Waals surface area (Å²) < 4.78 is 11.7. The van der Waals surface area contributed by atoms with E-state index >= 15 is 0 Å². The summed E-state index contributed by atoms with van der Waals surface area (Å²) in [4.78, 5) is 40.5. The standard InChI is InChI=1S/C32H40N6O4S/c1-4-30(40)38-16-15-37(18-23(38)12-13-33)31-26(11-10-25-17-22-7-5-9-29(41-3)27(22)21-43-25)28(19-39)34-32(35-31)42-20-24-8-6-14-36(24)2/h4-5,7,9,19,23-25H,1,6,8,10-12,14-18,20-21H2,2-3H3/t23?,24?,25-/m1/s1. The number of ether oxygens (including phenoxy) is 2. The highest BCUT2D eigenvalue weighted by molar-refractivity contribution is 7.99. The summed E-state index contributed by atoms with van der Waals surface area (Å²) in [5.41, 5.74) is 3.69. The van der Waals surface area contributed by atoms with Crippen molar-refractivity contribution in [3.63, 3.8) is 0 Å². The third-order valence-electron chi connectivity index (χ3n) is 8.83. The van der Waals surface area contributed by atoms with Crippen LogP contribution in [0.1, 0.15) is 52.9 Å². The molecule has 2 fully saturated rings. The number of piperazine rings is 1. The summed E-state index contributed by atoms with van der Waals surface area (Å²) >= 11 is 1.91. The van der Waals surface area contributed by atoms with Crippen molar-refractivity contribution in [1.29, 1.82) is 5.26 Å². The van der Waals surface area contributed by atoms with Crippen LogP contribution in [0, 0.1) is 11.3 Å². The number of methoxy groups -OCH3 is 1. The summed E-state index contributed by atoms with van der Waals surface area (Å²) in [5, 5.41) is 9.89. The molecular weight excluding hydrogens is 564 g/mol. The van der Waals surface area contributed by atoms with E-state index in [2.05, 4.69) is 40.5 Å². The first-order valence-electron chi connectivity index (χ1n) is 15.0. The molecule has 228 valence electrons. The molecule has 1 amide bonds. The number of thioether (sulfide) groups is 1. The Kier molecular flexibility index (Phi) is 10.2. The number of benzene rings is 1. The molecule has 5 rings (SSSR count). The highest BCUT2D eigenvalue weighted by Crippen LogP contribution is 2.38. The van der Waals surface area contributed by atoms with Crippen LogP contribution >= 0.6 is 11.8 Å². The van der Waals surface area contributed by atoms with Crippen LogP contribution in [-0.4, -0.2) is 96.2 Å². The topological polar surface area (TPSA) is 112 Å². The van der Waals surface area contributed by atoms with Crippen LogP contribution in [0.15, 0.2) is 30.9 Å². The van der Waals surface area contributed by atoms with E-state index in [1.54, 1.807) is 12.0 Å². The number of nitrogens with zero attached hydrogens (tertiary/aromatic N) is 6. The van der Waals surface area contributed by atoms with Gasteiger partial charge in [0, 0.05) is 47.8 Å². The Morgan fingerprint density at radius 1 is 1.26 bits per heavy atom. The number of aldehydes is 1. The quantitative estimate of drug-likeness (QED) is 0.278. The van der Waals surface area contributed by atoms with E-state index in [1.807, 2.05) is 23.9 Å². The van der Waals surface area contributed by atoms with Gasteiger partial charge in [0.15, 0.2) is 6.29 Å². The van der Waals surface area contributed by atoms with Gasteiger partial charge in [-0.15, -0.1) is 0 Å². The Hall–Kier alpha value is -3.62. The number of rotatable bonds is 11. The van der Waals surface area contributed by atoms with Gasteiger partial charge in [-0.25, -0.2) is 0 Å². The van der Waals surface area contributed by atoms with E-state index < -0.39 is 0 Å². The number of carbonyl (C=O) groups is 2. The van der Waals surface area contributed by atoms with Gasteiger partial charge < -0.3 is 24.2 Å². The smallest absolute Gasteiger partial charge is 0.319 e. The first-order chi connectivity index (χ1) is 20.9. The Balaban J connectivity index is 1.40. The molecule has 0 N–H and O–H groups in total. The third kappa shape index (κ3) is 6.97. The number of likely N-dealkylation sites (tertiary alicyclic amines) is 1. The minimum atomic E-state index is -0.316. The molecule has 0 spiro atoms. The molecule has 10 nitrogen and oxygen atoms in total. The second-order valence-corrected chi connectivity index (χ2v) is 12.7. The van der Waals surface area contributed by atoms with Gasteiger partial charge in [0.25, 0.3) is 0 Å². The van der Waals surface area contributed by atoms with E-state index in [4.69, 9.17) is 14.5 Å². The minimum Gasteiger partial charge on any atom is -0.496 e. The van der Waals surface area contributed by atoms with Crippen LogP contribution in [0.3, 0.4) is 0 Å². The molecule has 3 aliphatic rings. The van der Waals surface area contributed by atoms with Crippen molar-refractivity contribution in [1.82, 2.24) is 19.8 Å². The normalized spacial score (nSPS) is 22.0. The van der Waals surface area contributed by atoms with E-state index in [9.17, 15) is 14.9 Å². The Morgan fingerprint density at radius 3 is 2.84 bits per heavy atom. The predicted molar refractivity (Wildman–Crippen MR) is 167 cm³/mol. The zero-order valence-corrected chi connectivity index (χ0v) is 25.9. The number of anilines is 1. The van der Waals surface area contributed by atoms with Crippen molar-refractivity contribution < 1.29 is 19.1 Å². The number of likely N-dealkylation sites (N-methyl/N-ethyl adjacent to an activating group) is 1. The van der Waals surface area contributed by atoms with Crippen LogP contribution in [0.2, 0.25) is 0 Å². The number of carbonyl (C=O) groups excluding carboxylic acids is 2. The fraction of sp³-hybridized carbons (Fsp3) is 0.531. The van der Waals surface area contributed by atoms with Crippen molar-refractivity contribution in [2.75, 3.05) is 51.8 Å². The van der Waals surface area contributed by atoms with E-state index in [0.29, 0.717) is 49.4 Å². The lowest BCUT2D eigenvalue weighted by molar-refractivity contribution is -0.128. The molecule has 1 aromatic carbocycles. The molecular formula is C32H40N6O4S. The van der Waals surface area contributed by atoms with Gasteiger partial charge in [0.1, 0.15) is 23.9 Å². The van der Waals surface area contributed by atoms with E-state index in [-0.39, 0.29) is 30.4 Å². The Bertz CT molecular complexity index is 1380.